The van der Waals surface area contributed by atoms with E-state index in [0.717, 1.165) is 25.8 Å². The van der Waals surface area contributed by atoms with E-state index in [2.05, 4.69) is 15.1 Å². The van der Waals surface area contributed by atoms with Crippen LogP contribution >= 0.6 is 12.4 Å². The Labute approximate surface area is 148 Å². The van der Waals surface area contributed by atoms with Crippen molar-refractivity contribution >= 4 is 22.4 Å². The van der Waals surface area contributed by atoms with Gasteiger partial charge in [0.1, 0.15) is 4.90 Å². The normalized spacial score (nSPS) is 27.3. The van der Waals surface area contributed by atoms with E-state index in [-0.39, 0.29) is 28.9 Å². The van der Waals surface area contributed by atoms with Gasteiger partial charge < -0.3 is 14.8 Å². The first-order chi connectivity index (χ1) is 11.0. The van der Waals surface area contributed by atoms with Crippen molar-refractivity contribution in [1.82, 2.24) is 19.8 Å². The largest absolute Gasteiger partial charge is 0.383 e. The first kappa shape index (κ1) is 19.6. The van der Waals surface area contributed by atoms with Gasteiger partial charge in [-0.2, -0.15) is 5.10 Å². The second-order valence-corrected chi connectivity index (χ2v) is 8.01. The summed E-state index contributed by atoms with van der Waals surface area (Å²) in [7, 11) is -1.95. The standard InChI is InChI=1S/C14H24N4O4S.ClH/c1-21-11-14(4-2-5-15-14)10-17-23(19,20)13-7-16-18(8-13)12-3-6-22-9-12;/h7-8,12,15,17H,2-6,9-11H2,1H3;1H. The van der Waals surface area contributed by atoms with Gasteiger partial charge in [-0.25, -0.2) is 13.1 Å². The van der Waals surface area contributed by atoms with Crippen LogP contribution in [0.1, 0.15) is 25.3 Å². The lowest BCUT2D eigenvalue weighted by molar-refractivity contribution is 0.122. The number of nitrogens with one attached hydrogen (secondary N) is 2. The topological polar surface area (TPSA) is 94.5 Å². The number of hydrogen-bond donors (Lipinski definition) is 2. The molecule has 3 rings (SSSR count). The van der Waals surface area contributed by atoms with Crippen molar-refractivity contribution < 1.29 is 17.9 Å². The third kappa shape index (κ3) is 4.27. The highest BCUT2D eigenvalue weighted by Gasteiger charge is 2.35. The zero-order valence-corrected chi connectivity index (χ0v) is 15.4. The van der Waals surface area contributed by atoms with Crippen LogP contribution in [0.2, 0.25) is 0 Å². The molecule has 2 unspecified atom stereocenters. The molecule has 2 saturated heterocycles. The van der Waals surface area contributed by atoms with E-state index in [9.17, 15) is 8.42 Å². The highest BCUT2D eigenvalue weighted by atomic mass is 35.5. The van der Waals surface area contributed by atoms with E-state index in [1.807, 2.05) is 0 Å². The monoisotopic (exact) mass is 380 g/mol. The minimum atomic E-state index is -3.58. The summed E-state index contributed by atoms with van der Waals surface area (Å²) in [6.45, 7) is 2.94. The summed E-state index contributed by atoms with van der Waals surface area (Å²) in [6.07, 6.45) is 5.74. The van der Waals surface area contributed by atoms with Crippen LogP contribution in [0, 0.1) is 0 Å². The van der Waals surface area contributed by atoms with Gasteiger partial charge in [0.25, 0.3) is 0 Å². The van der Waals surface area contributed by atoms with E-state index in [0.29, 0.717) is 26.4 Å². The molecule has 1 aromatic heterocycles. The molecule has 3 heterocycles. The van der Waals surface area contributed by atoms with Crippen molar-refractivity contribution in [3.63, 3.8) is 0 Å². The summed E-state index contributed by atoms with van der Waals surface area (Å²) < 4.78 is 39.9. The molecule has 2 fully saturated rings. The van der Waals surface area contributed by atoms with Crippen LogP contribution < -0.4 is 10.0 Å². The molecule has 2 aliphatic heterocycles. The Bertz CT molecular complexity index is 624. The van der Waals surface area contributed by atoms with Gasteiger partial charge in [-0.15, -0.1) is 12.4 Å². The predicted octanol–water partition coefficient (Wildman–Crippen LogP) is 0.313. The molecule has 0 bridgehead atoms. The van der Waals surface area contributed by atoms with Crippen molar-refractivity contribution in [3.05, 3.63) is 12.4 Å². The van der Waals surface area contributed by atoms with Gasteiger partial charge in [0.2, 0.25) is 10.0 Å². The number of halogens is 1. The minimum absolute atomic E-state index is 0. The van der Waals surface area contributed by atoms with Crippen LogP contribution in [0.25, 0.3) is 0 Å². The van der Waals surface area contributed by atoms with Crippen LogP contribution in [-0.2, 0) is 19.5 Å². The maximum absolute atomic E-state index is 12.5. The summed E-state index contributed by atoms with van der Waals surface area (Å²) in [5.41, 5.74) is -0.322. The van der Waals surface area contributed by atoms with Gasteiger partial charge in [0.05, 0.1) is 31.0 Å². The van der Waals surface area contributed by atoms with Crippen molar-refractivity contribution in [2.24, 2.45) is 0 Å². The van der Waals surface area contributed by atoms with Crippen LogP contribution in [0.4, 0.5) is 0 Å². The van der Waals surface area contributed by atoms with Gasteiger partial charge in [-0.05, 0) is 25.8 Å². The van der Waals surface area contributed by atoms with Crippen LogP contribution in [0.3, 0.4) is 0 Å². The number of hydrogen-bond acceptors (Lipinski definition) is 6. The average molecular weight is 381 g/mol. The molecule has 1 aromatic rings. The molecule has 10 heteroatoms. The van der Waals surface area contributed by atoms with Gasteiger partial charge >= 0.3 is 0 Å². The van der Waals surface area contributed by atoms with Gasteiger partial charge in [-0.3, -0.25) is 4.68 Å². The number of aromatic nitrogens is 2. The summed E-state index contributed by atoms with van der Waals surface area (Å²) in [4.78, 5) is 0.190. The zero-order valence-electron chi connectivity index (χ0n) is 13.7. The maximum Gasteiger partial charge on any atom is 0.243 e. The SMILES string of the molecule is COCC1(CNS(=O)(=O)c2cnn(C3CCOC3)c2)CCCN1.Cl. The van der Waals surface area contributed by atoms with E-state index < -0.39 is 10.0 Å². The Hall–Kier alpha value is -0.710. The molecule has 2 aliphatic rings. The molecule has 0 aliphatic carbocycles. The predicted molar refractivity (Wildman–Crippen MR) is 91.0 cm³/mol. The Morgan fingerprint density at radius 1 is 1.58 bits per heavy atom. The number of nitrogens with zero attached hydrogens (tertiary/aromatic N) is 2. The van der Waals surface area contributed by atoms with E-state index in [4.69, 9.17) is 9.47 Å². The molecular formula is C14H25ClN4O4S. The highest BCUT2D eigenvalue weighted by molar-refractivity contribution is 7.89. The first-order valence-corrected chi connectivity index (χ1v) is 9.39. The summed E-state index contributed by atoms with van der Waals surface area (Å²) in [6, 6.07) is 0.121. The van der Waals surface area contributed by atoms with Crippen molar-refractivity contribution in [1.29, 1.82) is 0 Å². The van der Waals surface area contributed by atoms with Crippen molar-refractivity contribution in [2.75, 3.05) is 40.0 Å². The average Bonchev–Trinajstić information content (AvgIpc) is 3.26. The van der Waals surface area contributed by atoms with Crippen molar-refractivity contribution in [3.8, 4) is 0 Å². The molecule has 24 heavy (non-hydrogen) atoms. The minimum Gasteiger partial charge on any atom is -0.383 e. The quantitative estimate of drug-likeness (QED) is 0.707. The van der Waals surface area contributed by atoms with Crippen LogP contribution in [-0.4, -0.2) is 63.8 Å². The fourth-order valence-corrected chi connectivity index (χ4v) is 4.24. The van der Waals surface area contributed by atoms with E-state index in [1.54, 1.807) is 18.0 Å². The number of ether oxygens (including phenoxy) is 2. The summed E-state index contributed by atoms with van der Waals surface area (Å²) >= 11 is 0. The third-order valence-corrected chi connectivity index (χ3v) is 5.88. The molecule has 0 aromatic carbocycles. The van der Waals surface area contributed by atoms with E-state index >= 15 is 0 Å². The Morgan fingerprint density at radius 2 is 2.42 bits per heavy atom. The first-order valence-electron chi connectivity index (χ1n) is 7.90. The van der Waals surface area contributed by atoms with Gasteiger partial charge in [-0.1, -0.05) is 0 Å². The van der Waals surface area contributed by atoms with Crippen LogP contribution in [0.15, 0.2) is 17.3 Å². The van der Waals surface area contributed by atoms with E-state index in [1.165, 1.54) is 6.20 Å². The van der Waals surface area contributed by atoms with Gasteiger partial charge in [0, 0.05) is 26.5 Å². The molecule has 0 radical (unpaired) electrons. The molecule has 138 valence electrons. The second-order valence-electron chi connectivity index (χ2n) is 6.24. The fourth-order valence-electron chi connectivity index (χ4n) is 3.18. The lowest BCUT2D eigenvalue weighted by Gasteiger charge is -2.28. The molecule has 0 spiro atoms. The Morgan fingerprint density at radius 3 is 3.04 bits per heavy atom. The lowest BCUT2D eigenvalue weighted by Crippen LogP contribution is -2.52. The number of sulfonamides is 1. The second kappa shape index (κ2) is 8.11. The maximum atomic E-state index is 12.5. The lowest BCUT2D eigenvalue weighted by atomic mass is 9.99. The number of methoxy groups -OCH3 is 1. The molecule has 2 atom stereocenters. The molecule has 8 nitrogen and oxygen atoms in total. The van der Waals surface area contributed by atoms with Crippen LogP contribution in [0.5, 0.6) is 0 Å². The summed E-state index contributed by atoms with van der Waals surface area (Å²) in [5.74, 6) is 0. The Balaban J connectivity index is 0.00000208. The van der Waals surface area contributed by atoms with Crippen molar-refractivity contribution in [2.45, 2.75) is 35.7 Å². The molecule has 0 amide bonds. The molecule has 2 N–H and O–H groups in total. The smallest absolute Gasteiger partial charge is 0.243 e. The molecular weight excluding hydrogens is 356 g/mol. The zero-order chi connectivity index (χ0) is 16.3. The highest BCUT2D eigenvalue weighted by Crippen LogP contribution is 2.21. The van der Waals surface area contributed by atoms with Gasteiger partial charge in [0.15, 0.2) is 0 Å². The summed E-state index contributed by atoms with van der Waals surface area (Å²) in [5, 5.41) is 7.53. The molecule has 0 saturated carbocycles. The third-order valence-electron chi connectivity index (χ3n) is 4.52. The fraction of sp³-hybridized carbons (Fsp3) is 0.786. The number of rotatable bonds is 7. The Kier molecular flexibility index (Phi) is 6.63.